The smallest absolute Gasteiger partial charge is 0.178 e. The van der Waals surface area contributed by atoms with E-state index in [1.54, 1.807) is 24.3 Å². The van der Waals surface area contributed by atoms with Gasteiger partial charge in [0.15, 0.2) is 9.84 Å². The molecule has 1 aliphatic rings. The lowest BCUT2D eigenvalue weighted by molar-refractivity contribution is 0.520. The first-order valence-electron chi connectivity index (χ1n) is 6.70. The second kappa shape index (κ2) is 6.34. The van der Waals surface area contributed by atoms with E-state index in [4.69, 9.17) is 0 Å². The van der Waals surface area contributed by atoms with Gasteiger partial charge in [0.1, 0.15) is 0 Å². The molecular weight excluding hydrogens is 246 g/mol. The van der Waals surface area contributed by atoms with Crippen molar-refractivity contribution in [2.75, 3.05) is 12.3 Å². The molecule has 1 N–H and O–H groups in total. The Morgan fingerprint density at radius 3 is 2.44 bits per heavy atom. The molecule has 0 unspecified atom stereocenters. The van der Waals surface area contributed by atoms with Crippen LogP contribution in [0.2, 0.25) is 0 Å². The van der Waals surface area contributed by atoms with Crippen LogP contribution in [0.4, 0.5) is 0 Å². The molecule has 1 fully saturated rings. The lowest BCUT2D eigenvalue weighted by Gasteiger charge is -2.11. The van der Waals surface area contributed by atoms with Crippen LogP contribution in [0.25, 0.3) is 0 Å². The second-order valence-electron chi connectivity index (χ2n) is 4.92. The SMILES string of the molecule is O=S(=O)(CCCNC1CCCC1)c1ccccc1. The van der Waals surface area contributed by atoms with Crippen molar-refractivity contribution in [2.24, 2.45) is 0 Å². The third-order valence-electron chi connectivity index (χ3n) is 3.48. The van der Waals surface area contributed by atoms with E-state index < -0.39 is 9.84 Å². The zero-order valence-corrected chi connectivity index (χ0v) is 11.5. The highest BCUT2D eigenvalue weighted by molar-refractivity contribution is 7.91. The van der Waals surface area contributed by atoms with E-state index in [9.17, 15) is 8.42 Å². The van der Waals surface area contributed by atoms with Crippen LogP contribution in [0.3, 0.4) is 0 Å². The lowest BCUT2D eigenvalue weighted by atomic mass is 10.2. The fourth-order valence-corrected chi connectivity index (χ4v) is 3.78. The van der Waals surface area contributed by atoms with Crippen LogP contribution in [0.1, 0.15) is 32.1 Å². The standard InChI is InChI=1S/C14H21NO2S/c16-18(17,14-9-2-1-3-10-14)12-6-11-15-13-7-4-5-8-13/h1-3,9-10,13,15H,4-8,11-12H2. The normalized spacial score (nSPS) is 17.1. The van der Waals surface area contributed by atoms with Gasteiger partial charge in [0.25, 0.3) is 0 Å². The molecule has 100 valence electrons. The summed E-state index contributed by atoms with van der Waals surface area (Å²) in [4.78, 5) is 0.436. The molecule has 0 aliphatic heterocycles. The van der Waals surface area contributed by atoms with Crippen LogP contribution >= 0.6 is 0 Å². The summed E-state index contributed by atoms with van der Waals surface area (Å²) in [7, 11) is -3.10. The molecule has 4 heteroatoms. The number of hydrogen-bond acceptors (Lipinski definition) is 3. The molecule has 18 heavy (non-hydrogen) atoms. The van der Waals surface area contributed by atoms with Gasteiger partial charge in [0.2, 0.25) is 0 Å². The van der Waals surface area contributed by atoms with Gasteiger partial charge >= 0.3 is 0 Å². The van der Waals surface area contributed by atoms with Gasteiger partial charge in [-0.15, -0.1) is 0 Å². The summed E-state index contributed by atoms with van der Waals surface area (Å²) in [6, 6.07) is 9.32. The molecule has 3 nitrogen and oxygen atoms in total. The number of nitrogens with one attached hydrogen (secondary N) is 1. The molecule has 1 aromatic carbocycles. The van der Waals surface area contributed by atoms with Crippen LogP contribution < -0.4 is 5.32 Å². The van der Waals surface area contributed by atoms with Crippen molar-refractivity contribution in [2.45, 2.75) is 43.0 Å². The maximum atomic E-state index is 12.0. The Labute approximate surface area is 110 Å². The summed E-state index contributed by atoms with van der Waals surface area (Å²) in [5, 5.41) is 3.44. The molecule has 0 atom stereocenters. The predicted molar refractivity (Wildman–Crippen MR) is 73.4 cm³/mol. The fraction of sp³-hybridized carbons (Fsp3) is 0.571. The van der Waals surface area contributed by atoms with Crippen molar-refractivity contribution >= 4 is 9.84 Å². The Kier molecular flexibility index (Phi) is 4.78. The Morgan fingerprint density at radius 1 is 1.11 bits per heavy atom. The van der Waals surface area contributed by atoms with Gasteiger partial charge in [-0.3, -0.25) is 0 Å². The molecule has 1 aliphatic carbocycles. The zero-order valence-electron chi connectivity index (χ0n) is 10.6. The number of hydrogen-bond donors (Lipinski definition) is 1. The molecule has 1 aromatic rings. The van der Waals surface area contributed by atoms with Crippen LogP contribution in [-0.4, -0.2) is 26.8 Å². The van der Waals surface area contributed by atoms with Crippen LogP contribution in [0, 0.1) is 0 Å². The summed E-state index contributed by atoms with van der Waals surface area (Å²) in [5.74, 6) is 0.233. The Hall–Kier alpha value is -0.870. The molecular formula is C14H21NO2S. The topological polar surface area (TPSA) is 46.2 Å². The van der Waals surface area contributed by atoms with Crippen molar-refractivity contribution in [3.63, 3.8) is 0 Å². The molecule has 0 saturated heterocycles. The first kappa shape index (κ1) is 13.6. The largest absolute Gasteiger partial charge is 0.314 e. The van der Waals surface area contributed by atoms with Gasteiger partial charge in [-0.2, -0.15) is 0 Å². The third-order valence-corrected chi connectivity index (χ3v) is 5.30. The number of sulfone groups is 1. The van der Waals surface area contributed by atoms with Gasteiger partial charge in [-0.25, -0.2) is 8.42 Å². The summed E-state index contributed by atoms with van der Waals surface area (Å²) < 4.78 is 24.0. The quantitative estimate of drug-likeness (QED) is 0.805. The summed E-state index contributed by atoms with van der Waals surface area (Å²) in [5.41, 5.74) is 0. The Balaban J connectivity index is 1.75. The average Bonchev–Trinajstić information content (AvgIpc) is 2.89. The highest BCUT2D eigenvalue weighted by atomic mass is 32.2. The Morgan fingerprint density at radius 2 is 1.78 bits per heavy atom. The van der Waals surface area contributed by atoms with Gasteiger partial charge < -0.3 is 5.32 Å². The molecule has 0 radical (unpaired) electrons. The first-order chi connectivity index (χ1) is 8.68. The average molecular weight is 267 g/mol. The maximum absolute atomic E-state index is 12.0. The highest BCUT2D eigenvalue weighted by Gasteiger charge is 2.15. The van der Waals surface area contributed by atoms with Crippen molar-refractivity contribution in [1.29, 1.82) is 0 Å². The third kappa shape index (κ3) is 3.82. The minimum atomic E-state index is -3.10. The van der Waals surface area contributed by atoms with Crippen molar-refractivity contribution in [3.8, 4) is 0 Å². The predicted octanol–water partition coefficient (Wildman–Crippen LogP) is 2.38. The molecule has 0 bridgehead atoms. The van der Waals surface area contributed by atoms with Crippen LogP contribution in [0.15, 0.2) is 35.2 Å². The van der Waals surface area contributed by atoms with Crippen LogP contribution in [0.5, 0.6) is 0 Å². The summed E-state index contributed by atoms with van der Waals surface area (Å²) >= 11 is 0. The zero-order chi connectivity index (χ0) is 12.8. The molecule has 1 saturated carbocycles. The minimum Gasteiger partial charge on any atom is -0.314 e. The van der Waals surface area contributed by atoms with E-state index in [1.807, 2.05) is 6.07 Å². The van der Waals surface area contributed by atoms with Crippen molar-refractivity contribution < 1.29 is 8.42 Å². The lowest BCUT2D eigenvalue weighted by Crippen LogP contribution is -2.28. The number of rotatable bonds is 6. The fourth-order valence-electron chi connectivity index (χ4n) is 2.44. The van der Waals surface area contributed by atoms with E-state index in [-0.39, 0.29) is 5.75 Å². The Bertz CT molecular complexity index is 450. The van der Waals surface area contributed by atoms with E-state index in [2.05, 4.69) is 5.32 Å². The van der Waals surface area contributed by atoms with Crippen molar-refractivity contribution in [1.82, 2.24) is 5.32 Å². The minimum absolute atomic E-state index is 0.233. The van der Waals surface area contributed by atoms with Gasteiger partial charge in [-0.1, -0.05) is 31.0 Å². The first-order valence-corrected chi connectivity index (χ1v) is 8.35. The van der Waals surface area contributed by atoms with Crippen LogP contribution in [-0.2, 0) is 9.84 Å². The van der Waals surface area contributed by atoms with E-state index in [1.165, 1.54) is 25.7 Å². The molecule has 0 spiro atoms. The van der Waals surface area contributed by atoms with Gasteiger partial charge in [0.05, 0.1) is 10.6 Å². The summed E-state index contributed by atoms with van der Waals surface area (Å²) in [6.45, 7) is 0.802. The second-order valence-corrected chi connectivity index (χ2v) is 7.03. The molecule has 2 rings (SSSR count). The van der Waals surface area contributed by atoms with E-state index in [0.717, 1.165) is 6.54 Å². The van der Waals surface area contributed by atoms with E-state index in [0.29, 0.717) is 17.4 Å². The highest BCUT2D eigenvalue weighted by Crippen LogP contribution is 2.17. The maximum Gasteiger partial charge on any atom is 0.178 e. The van der Waals surface area contributed by atoms with Crippen molar-refractivity contribution in [3.05, 3.63) is 30.3 Å². The molecule has 0 aromatic heterocycles. The van der Waals surface area contributed by atoms with Gasteiger partial charge in [0, 0.05) is 6.04 Å². The molecule has 0 amide bonds. The summed E-state index contributed by atoms with van der Waals surface area (Å²) in [6.07, 6.45) is 5.78. The number of benzene rings is 1. The monoisotopic (exact) mass is 267 g/mol. The van der Waals surface area contributed by atoms with E-state index >= 15 is 0 Å². The molecule has 0 heterocycles. The van der Waals surface area contributed by atoms with Gasteiger partial charge in [-0.05, 0) is 37.9 Å².